The minimum atomic E-state index is 0.0140. The molecule has 4 nitrogen and oxygen atoms in total. The molecule has 0 heterocycles. The van der Waals surface area contributed by atoms with Crippen molar-refractivity contribution in [2.75, 3.05) is 33.0 Å². The van der Waals surface area contributed by atoms with E-state index in [1.54, 1.807) is 11.8 Å². The summed E-state index contributed by atoms with van der Waals surface area (Å²) in [5.41, 5.74) is 7.99. The second-order valence-electron chi connectivity index (χ2n) is 5.22. The zero-order chi connectivity index (χ0) is 15.9. The average molecular weight is 318 g/mol. The molecule has 0 aromatic heterocycles. The highest BCUT2D eigenvalue weighted by Crippen LogP contribution is 2.35. The van der Waals surface area contributed by atoms with Crippen molar-refractivity contribution in [1.82, 2.24) is 4.90 Å². The van der Waals surface area contributed by atoms with Crippen LogP contribution in [0.1, 0.15) is 5.56 Å². The van der Waals surface area contributed by atoms with Gasteiger partial charge in [-0.1, -0.05) is 23.9 Å². The van der Waals surface area contributed by atoms with Gasteiger partial charge in [0.25, 0.3) is 0 Å². The van der Waals surface area contributed by atoms with Crippen LogP contribution < -0.4 is 10.5 Å². The lowest BCUT2D eigenvalue weighted by Crippen LogP contribution is -2.12. The molecule has 0 aliphatic heterocycles. The molecule has 0 aliphatic carbocycles. The number of aliphatic hydroxyl groups excluding tert-OH is 1. The Balaban J connectivity index is 2.27. The number of nitrogen functional groups attached to an aromatic ring is 1. The maximum absolute atomic E-state index is 8.87. The van der Waals surface area contributed by atoms with Crippen LogP contribution >= 0.6 is 11.8 Å². The predicted molar refractivity (Wildman–Crippen MR) is 91.4 cm³/mol. The molecule has 5 heteroatoms. The van der Waals surface area contributed by atoms with Crippen LogP contribution in [0.5, 0.6) is 5.75 Å². The molecule has 22 heavy (non-hydrogen) atoms. The molecule has 0 unspecified atom stereocenters. The summed E-state index contributed by atoms with van der Waals surface area (Å²) in [6.45, 7) is 1.13. The van der Waals surface area contributed by atoms with Gasteiger partial charge in [-0.25, -0.2) is 0 Å². The molecule has 0 saturated carbocycles. The van der Waals surface area contributed by atoms with Crippen molar-refractivity contribution < 1.29 is 9.84 Å². The molecular weight excluding hydrogens is 296 g/mol. The van der Waals surface area contributed by atoms with E-state index in [4.69, 9.17) is 15.6 Å². The number of para-hydroxylation sites is 1. The normalized spacial score (nSPS) is 10.9. The quantitative estimate of drug-likeness (QED) is 0.769. The Kier molecular flexibility index (Phi) is 6.12. The molecule has 2 aromatic rings. The van der Waals surface area contributed by atoms with Gasteiger partial charge in [0.15, 0.2) is 0 Å². The Labute approximate surface area is 135 Å². The number of nitrogens with zero attached hydrogens (tertiary/aromatic N) is 1. The van der Waals surface area contributed by atoms with E-state index in [9.17, 15) is 0 Å². The van der Waals surface area contributed by atoms with Crippen molar-refractivity contribution >= 4 is 17.4 Å². The molecule has 0 bridgehead atoms. The summed E-state index contributed by atoms with van der Waals surface area (Å²) in [4.78, 5) is 4.32. The number of nitrogens with two attached hydrogens (primary N) is 1. The molecule has 0 atom stereocenters. The zero-order valence-corrected chi connectivity index (χ0v) is 13.8. The van der Waals surface area contributed by atoms with E-state index in [1.165, 1.54) is 5.56 Å². The number of aliphatic hydroxyl groups is 1. The van der Waals surface area contributed by atoms with Gasteiger partial charge >= 0.3 is 0 Å². The summed E-state index contributed by atoms with van der Waals surface area (Å²) < 4.78 is 5.50. The Hall–Kier alpha value is -1.69. The van der Waals surface area contributed by atoms with Gasteiger partial charge in [0, 0.05) is 22.0 Å². The topological polar surface area (TPSA) is 58.7 Å². The number of hydrogen-bond donors (Lipinski definition) is 2. The molecule has 0 radical (unpaired) electrons. The smallest absolute Gasteiger partial charge is 0.119 e. The van der Waals surface area contributed by atoms with Crippen LogP contribution in [0.15, 0.2) is 52.3 Å². The third kappa shape index (κ3) is 4.66. The summed E-state index contributed by atoms with van der Waals surface area (Å²) in [5.74, 6) is 0.774. The van der Waals surface area contributed by atoms with E-state index in [-0.39, 0.29) is 6.61 Å². The number of ether oxygens (including phenoxy) is 1. The lowest BCUT2D eigenvalue weighted by molar-refractivity contribution is 0.201. The fraction of sp³-hybridized carbons (Fsp3) is 0.294. The second-order valence-corrected chi connectivity index (χ2v) is 6.30. The summed E-state index contributed by atoms with van der Waals surface area (Å²) in [7, 11) is 4.07. The molecule has 0 saturated heterocycles. The Morgan fingerprint density at radius 3 is 2.59 bits per heavy atom. The molecule has 0 fully saturated rings. The number of hydrogen-bond acceptors (Lipinski definition) is 5. The predicted octanol–water partition coefficient (Wildman–Crippen LogP) is 2.85. The van der Waals surface area contributed by atoms with Crippen molar-refractivity contribution in [2.45, 2.75) is 16.3 Å². The minimum absolute atomic E-state index is 0.0140. The summed E-state index contributed by atoms with van der Waals surface area (Å²) >= 11 is 1.66. The maximum atomic E-state index is 8.87. The highest BCUT2D eigenvalue weighted by atomic mass is 32.2. The van der Waals surface area contributed by atoms with E-state index < -0.39 is 0 Å². The van der Waals surface area contributed by atoms with Crippen LogP contribution in [0.25, 0.3) is 0 Å². The van der Waals surface area contributed by atoms with Crippen LogP contribution in [0.4, 0.5) is 5.69 Å². The molecule has 2 rings (SSSR count). The molecule has 0 spiro atoms. The van der Waals surface area contributed by atoms with Crippen molar-refractivity contribution in [2.24, 2.45) is 0 Å². The first-order valence-corrected chi connectivity index (χ1v) is 7.95. The van der Waals surface area contributed by atoms with Crippen molar-refractivity contribution in [3.8, 4) is 5.75 Å². The highest BCUT2D eigenvalue weighted by molar-refractivity contribution is 7.99. The van der Waals surface area contributed by atoms with Gasteiger partial charge in [-0.15, -0.1) is 0 Å². The van der Waals surface area contributed by atoms with E-state index in [0.29, 0.717) is 6.61 Å². The van der Waals surface area contributed by atoms with Gasteiger partial charge in [0.2, 0.25) is 0 Å². The van der Waals surface area contributed by atoms with Crippen molar-refractivity contribution in [3.63, 3.8) is 0 Å². The van der Waals surface area contributed by atoms with Gasteiger partial charge < -0.3 is 20.5 Å². The van der Waals surface area contributed by atoms with Crippen LogP contribution in [0, 0.1) is 0 Å². The highest BCUT2D eigenvalue weighted by Gasteiger charge is 2.09. The van der Waals surface area contributed by atoms with Gasteiger partial charge in [-0.05, 0) is 50.0 Å². The summed E-state index contributed by atoms with van der Waals surface area (Å²) in [5, 5.41) is 8.87. The summed E-state index contributed by atoms with van der Waals surface area (Å²) in [6.07, 6.45) is 0. The molecule has 0 amide bonds. The van der Waals surface area contributed by atoms with Gasteiger partial charge in [-0.3, -0.25) is 0 Å². The Bertz CT molecular complexity index is 617. The van der Waals surface area contributed by atoms with Crippen molar-refractivity contribution in [1.29, 1.82) is 0 Å². The number of benzene rings is 2. The molecular formula is C17H22N2O2S. The third-order valence-corrected chi connectivity index (χ3v) is 4.23. The van der Waals surface area contributed by atoms with E-state index in [0.717, 1.165) is 27.8 Å². The minimum Gasteiger partial charge on any atom is -0.491 e. The lowest BCUT2D eigenvalue weighted by Gasteiger charge is -2.16. The lowest BCUT2D eigenvalue weighted by atomic mass is 10.2. The van der Waals surface area contributed by atoms with Crippen LogP contribution in [0.2, 0.25) is 0 Å². The number of rotatable bonds is 7. The van der Waals surface area contributed by atoms with Gasteiger partial charge in [0.05, 0.1) is 6.61 Å². The summed E-state index contributed by atoms with van der Waals surface area (Å²) in [6, 6.07) is 13.9. The van der Waals surface area contributed by atoms with E-state index in [2.05, 4.69) is 4.90 Å². The van der Waals surface area contributed by atoms with Crippen LogP contribution in [-0.2, 0) is 6.54 Å². The first kappa shape index (κ1) is 16.7. The zero-order valence-electron chi connectivity index (χ0n) is 13.0. The third-order valence-electron chi connectivity index (χ3n) is 3.02. The maximum Gasteiger partial charge on any atom is 0.119 e. The van der Waals surface area contributed by atoms with Crippen LogP contribution in [-0.4, -0.2) is 37.3 Å². The standard InChI is InChI=1S/C17H22N2O2S/c1-19(2)12-13-11-14(21-10-9-20)7-8-16(13)22-17-6-4-3-5-15(17)18/h3-8,11,20H,9-10,12,18H2,1-2H3. The van der Waals surface area contributed by atoms with Crippen molar-refractivity contribution in [3.05, 3.63) is 48.0 Å². The monoisotopic (exact) mass is 318 g/mol. The van der Waals surface area contributed by atoms with Crippen LogP contribution in [0.3, 0.4) is 0 Å². The first-order valence-electron chi connectivity index (χ1n) is 7.14. The first-order chi connectivity index (χ1) is 10.6. The van der Waals surface area contributed by atoms with Gasteiger partial charge in [-0.2, -0.15) is 0 Å². The Morgan fingerprint density at radius 2 is 1.91 bits per heavy atom. The molecule has 2 aromatic carbocycles. The fourth-order valence-electron chi connectivity index (χ4n) is 2.06. The largest absolute Gasteiger partial charge is 0.491 e. The molecule has 118 valence electrons. The fourth-order valence-corrected chi connectivity index (χ4v) is 3.02. The second kappa shape index (κ2) is 8.08. The molecule has 3 N–H and O–H groups in total. The van der Waals surface area contributed by atoms with Gasteiger partial charge in [0.1, 0.15) is 12.4 Å². The SMILES string of the molecule is CN(C)Cc1cc(OCCO)ccc1Sc1ccccc1N. The Morgan fingerprint density at radius 1 is 1.14 bits per heavy atom. The van der Waals surface area contributed by atoms with E-state index in [1.807, 2.05) is 56.6 Å². The average Bonchev–Trinajstić information content (AvgIpc) is 2.49. The number of anilines is 1. The molecule has 0 aliphatic rings. The van der Waals surface area contributed by atoms with E-state index >= 15 is 0 Å².